The molecule has 1 spiro atoms. The van der Waals surface area contributed by atoms with Gasteiger partial charge in [0.15, 0.2) is 0 Å². The van der Waals surface area contributed by atoms with E-state index in [1.165, 1.54) is 12.8 Å². The summed E-state index contributed by atoms with van der Waals surface area (Å²) in [6, 6.07) is 3.72. The van der Waals surface area contributed by atoms with Crippen LogP contribution in [0.25, 0.3) is 0 Å². The fourth-order valence-electron chi connectivity index (χ4n) is 3.29. The molecule has 1 saturated carbocycles. The summed E-state index contributed by atoms with van der Waals surface area (Å²) >= 11 is 0. The van der Waals surface area contributed by atoms with Crippen molar-refractivity contribution in [2.45, 2.75) is 38.0 Å². The van der Waals surface area contributed by atoms with Gasteiger partial charge in [-0.25, -0.2) is 4.39 Å². The summed E-state index contributed by atoms with van der Waals surface area (Å²) < 4.78 is 13.9. The summed E-state index contributed by atoms with van der Waals surface area (Å²) in [4.78, 5) is 4.47. The molecule has 1 heterocycles. The molecule has 2 aliphatic rings. The smallest absolute Gasteiger partial charge is 0.148 e. The van der Waals surface area contributed by atoms with Gasteiger partial charge >= 0.3 is 0 Å². The van der Waals surface area contributed by atoms with Crippen LogP contribution in [0.15, 0.2) is 17.1 Å². The number of benzene rings is 1. The van der Waals surface area contributed by atoms with E-state index in [2.05, 4.69) is 18.0 Å². The highest BCUT2D eigenvalue weighted by Crippen LogP contribution is 2.50. The number of aliphatic imine (C=N–C) groups is 1. The largest absolute Gasteiger partial charge is 0.254 e. The topological polar surface area (TPSA) is 12.4 Å². The SMILES string of the molecule is Bc1cc(F)c2c(c1)C1(CCCC1)C(C)=N2. The predicted octanol–water partition coefficient (Wildman–Crippen LogP) is 2.00. The second-order valence-corrected chi connectivity index (χ2v) is 5.13. The number of fused-ring (bicyclic) bond motifs is 2. The molecule has 0 amide bonds. The maximum Gasteiger partial charge on any atom is 0.148 e. The van der Waals surface area contributed by atoms with Gasteiger partial charge in [0.2, 0.25) is 0 Å². The molecule has 0 saturated heterocycles. The Morgan fingerprint density at radius 3 is 2.69 bits per heavy atom. The van der Waals surface area contributed by atoms with Crippen molar-refractivity contribution in [3.05, 3.63) is 23.5 Å². The molecule has 82 valence electrons. The van der Waals surface area contributed by atoms with Gasteiger partial charge in [-0.1, -0.05) is 24.4 Å². The third-order valence-corrected chi connectivity index (χ3v) is 4.15. The van der Waals surface area contributed by atoms with Crippen molar-refractivity contribution in [2.75, 3.05) is 0 Å². The Kier molecular flexibility index (Phi) is 2.01. The summed E-state index contributed by atoms with van der Waals surface area (Å²) in [6.45, 7) is 2.06. The van der Waals surface area contributed by atoms with Crippen molar-refractivity contribution in [3.63, 3.8) is 0 Å². The fourth-order valence-corrected chi connectivity index (χ4v) is 3.29. The van der Waals surface area contributed by atoms with Gasteiger partial charge in [-0.05, 0) is 31.4 Å². The van der Waals surface area contributed by atoms with E-state index in [4.69, 9.17) is 0 Å². The Bertz CT molecular complexity index is 487. The van der Waals surface area contributed by atoms with Crippen LogP contribution in [0.5, 0.6) is 0 Å². The van der Waals surface area contributed by atoms with E-state index in [0.717, 1.165) is 29.6 Å². The molecule has 3 rings (SSSR count). The molecule has 1 nitrogen and oxygen atoms in total. The Morgan fingerprint density at radius 1 is 1.31 bits per heavy atom. The average Bonchev–Trinajstić information content (AvgIpc) is 2.79. The van der Waals surface area contributed by atoms with Gasteiger partial charge in [0.25, 0.3) is 0 Å². The van der Waals surface area contributed by atoms with Crippen LogP contribution >= 0.6 is 0 Å². The first kappa shape index (κ1) is 10.1. The quantitative estimate of drug-likeness (QED) is 0.587. The zero-order valence-electron chi connectivity index (χ0n) is 9.81. The first-order chi connectivity index (χ1) is 7.63. The van der Waals surface area contributed by atoms with E-state index in [0.29, 0.717) is 5.69 Å². The predicted molar refractivity (Wildman–Crippen MR) is 67.5 cm³/mol. The van der Waals surface area contributed by atoms with Crippen LogP contribution < -0.4 is 5.46 Å². The van der Waals surface area contributed by atoms with Crippen LogP contribution in [0.3, 0.4) is 0 Å². The van der Waals surface area contributed by atoms with Crippen LogP contribution in [-0.2, 0) is 5.41 Å². The Morgan fingerprint density at radius 2 is 2.00 bits per heavy atom. The van der Waals surface area contributed by atoms with Gasteiger partial charge in [-0.2, -0.15) is 0 Å². The fraction of sp³-hybridized carbons (Fsp3) is 0.462. The lowest BCUT2D eigenvalue weighted by atomic mass is 9.75. The van der Waals surface area contributed by atoms with Crippen LogP contribution in [-0.4, -0.2) is 13.6 Å². The molecule has 0 bridgehead atoms. The zero-order chi connectivity index (χ0) is 11.3. The third kappa shape index (κ3) is 1.14. The number of hydrogen-bond acceptors (Lipinski definition) is 1. The van der Waals surface area contributed by atoms with Gasteiger partial charge in [-0.3, -0.25) is 4.99 Å². The second kappa shape index (κ2) is 3.19. The highest BCUT2D eigenvalue weighted by Gasteiger charge is 2.44. The van der Waals surface area contributed by atoms with E-state index in [9.17, 15) is 4.39 Å². The molecule has 1 aromatic rings. The molecule has 1 aliphatic heterocycles. The number of hydrogen-bond donors (Lipinski definition) is 0. The lowest BCUT2D eigenvalue weighted by molar-refractivity contribution is 0.598. The zero-order valence-corrected chi connectivity index (χ0v) is 9.81. The number of nitrogens with zero attached hydrogens (tertiary/aromatic N) is 1. The monoisotopic (exact) mass is 215 g/mol. The molecule has 1 fully saturated rings. The molecule has 0 atom stereocenters. The minimum atomic E-state index is -0.155. The van der Waals surface area contributed by atoms with Crippen molar-refractivity contribution < 1.29 is 4.39 Å². The highest BCUT2D eigenvalue weighted by molar-refractivity contribution is 6.32. The van der Waals surface area contributed by atoms with E-state index in [1.807, 2.05) is 7.85 Å². The number of halogens is 1. The van der Waals surface area contributed by atoms with Gasteiger partial charge < -0.3 is 0 Å². The summed E-state index contributed by atoms with van der Waals surface area (Å²) in [5.74, 6) is -0.155. The van der Waals surface area contributed by atoms with Gasteiger partial charge in [0.1, 0.15) is 19.4 Å². The first-order valence-electron chi connectivity index (χ1n) is 6.00. The molecule has 1 aromatic carbocycles. The summed E-state index contributed by atoms with van der Waals surface area (Å²) in [5.41, 5.74) is 3.93. The van der Waals surface area contributed by atoms with Crippen LogP contribution in [0.2, 0.25) is 0 Å². The summed E-state index contributed by atoms with van der Waals surface area (Å²) in [6.07, 6.45) is 4.75. The standard InChI is InChI=1S/C13H15BFN/c1-8-13(4-2-3-5-13)10-6-9(14)7-11(15)12(10)16-8/h6-7H,2-5,14H2,1H3. The molecular weight excluding hydrogens is 200 g/mol. The van der Waals surface area contributed by atoms with Gasteiger partial charge in [0.05, 0.1) is 0 Å². The third-order valence-electron chi connectivity index (χ3n) is 4.15. The van der Waals surface area contributed by atoms with Crippen LogP contribution in [0, 0.1) is 5.82 Å². The highest BCUT2D eigenvalue weighted by atomic mass is 19.1. The van der Waals surface area contributed by atoms with Gasteiger partial charge in [0, 0.05) is 11.1 Å². The van der Waals surface area contributed by atoms with Crippen molar-refractivity contribution in [2.24, 2.45) is 4.99 Å². The van der Waals surface area contributed by atoms with E-state index in [1.54, 1.807) is 6.07 Å². The molecule has 0 N–H and O–H groups in total. The Hall–Kier alpha value is -1.12. The van der Waals surface area contributed by atoms with E-state index in [-0.39, 0.29) is 11.2 Å². The molecule has 3 heteroatoms. The Balaban J connectivity index is 2.25. The minimum absolute atomic E-state index is 0.0716. The molecule has 0 radical (unpaired) electrons. The minimum Gasteiger partial charge on any atom is -0.254 e. The van der Waals surface area contributed by atoms with E-state index >= 15 is 0 Å². The van der Waals surface area contributed by atoms with E-state index < -0.39 is 0 Å². The average molecular weight is 215 g/mol. The van der Waals surface area contributed by atoms with Crippen LogP contribution in [0.4, 0.5) is 10.1 Å². The summed E-state index contributed by atoms with van der Waals surface area (Å²) in [5, 5.41) is 0. The first-order valence-corrected chi connectivity index (χ1v) is 6.00. The molecule has 0 aromatic heterocycles. The lowest BCUT2D eigenvalue weighted by Crippen LogP contribution is -2.28. The molecule has 1 aliphatic carbocycles. The maximum atomic E-state index is 13.9. The van der Waals surface area contributed by atoms with Crippen molar-refractivity contribution in [1.29, 1.82) is 0 Å². The second-order valence-electron chi connectivity index (χ2n) is 5.13. The molecular formula is C13H15BFN. The summed E-state index contributed by atoms with van der Waals surface area (Å²) in [7, 11) is 1.96. The Labute approximate surface area is 96.2 Å². The van der Waals surface area contributed by atoms with Crippen LogP contribution in [0.1, 0.15) is 38.2 Å². The van der Waals surface area contributed by atoms with Gasteiger partial charge in [-0.15, -0.1) is 0 Å². The number of rotatable bonds is 0. The van der Waals surface area contributed by atoms with Crippen molar-refractivity contribution >= 4 is 24.7 Å². The molecule has 0 unspecified atom stereocenters. The van der Waals surface area contributed by atoms with Crippen molar-refractivity contribution in [3.8, 4) is 0 Å². The lowest BCUT2D eigenvalue weighted by Gasteiger charge is -2.25. The maximum absolute atomic E-state index is 13.9. The molecule has 16 heavy (non-hydrogen) atoms. The normalized spacial score (nSPS) is 21.2. The van der Waals surface area contributed by atoms with Crippen molar-refractivity contribution in [1.82, 2.24) is 0 Å².